The zero-order chi connectivity index (χ0) is 15.8. The molecule has 2 rings (SSSR count). The van der Waals surface area contributed by atoms with Crippen molar-refractivity contribution < 1.29 is 19.0 Å². The van der Waals surface area contributed by atoms with E-state index in [1.165, 1.54) is 12.7 Å². The standard InChI is InChI=1S/C18H26O4/c1-20-14-6-3-7-15-8-10-16(11-9-15)22-18(17(19)21-2)12-4-5-13-18/h8-11H,3-7,12-14H2,1-2H3. The molecule has 22 heavy (non-hydrogen) atoms. The van der Waals surface area contributed by atoms with Crippen LogP contribution >= 0.6 is 0 Å². The third-order valence-corrected chi connectivity index (χ3v) is 4.27. The molecule has 0 unspecified atom stereocenters. The number of ether oxygens (including phenoxy) is 3. The van der Waals surface area contributed by atoms with Gasteiger partial charge < -0.3 is 14.2 Å². The second-order valence-electron chi connectivity index (χ2n) is 5.89. The number of hydrogen-bond donors (Lipinski definition) is 0. The van der Waals surface area contributed by atoms with Crippen molar-refractivity contribution in [1.29, 1.82) is 0 Å². The number of benzene rings is 1. The van der Waals surface area contributed by atoms with E-state index < -0.39 is 5.60 Å². The molecular formula is C18H26O4. The normalized spacial score (nSPS) is 16.5. The number of aryl methyl sites for hydroxylation is 1. The van der Waals surface area contributed by atoms with Crippen LogP contribution in [0.1, 0.15) is 44.1 Å². The van der Waals surface area contributed by atoms with Gasteiger partial charge in [0.1, 0.15) is 5.75 Å². The van der Waals surface area contributed by atoms with Gasteiger partial charge in [0.2, 0.25) is 5.60 Å². The monoisotopic (exact) mass is 306 g/mol. The lowest BCUT2D eigenvalue weighted by atomic mass is 10.0. The summed E-state index contributed by atoms with van der Waals surface area (Å²) in [6.07, 6.45) is 6.70. The highest BCUT2D eigenvalue weighted by molar-refractivity contribution is 5.80. The summed E-state index contributed by atoms with van der Waals surface area (Å²) in [4.78, 5) is 12.1. The van der Waals surface area contributed by atoms with E-state index in [4.69, 9.17) is 14.2 Å². The molecule has 1 aliphatic carbocycles. The van der Waals surface area contributed by atoms with Crippen LogP contribution in [0.25, 0.3) is 0 Å². The van der Waals surface area contributed by atoms with Crippen molar-refractivity contribution in [2.75, 3.05) is 20.8 Å². The van der Waals surface area contributed by atoms with Gasteiger partial charge in [-0.1, -0.05) is 12.1 Å². The van der Waals surface area contributed by atoms with Crippen molar-refractivity contribution in [3.63, 3.8) is 0 Å². The maximum Gasteiger partial charge on any atom is 0.350 e. The quantitative estimate of drug-likeness (QED) is 0.544. The van der Waals surface area contributed by atoms with Gasteiger partial charge in [0, 0.05) is 13.7 Å². The van der Waals surface area contributed by atoms with E-state index in [-0.39, 0.29) is 5.97 Å². The van der Waals surface area contributed by atoms with Gasteiger partial charge in [-0.25, -0.2) is 4.79 Å². The lowest BCUT2D eigenvalue weighted by molar-refractivity contribution is -0.158. The van der Waals surface area contributed by atoms with E-state index in [2.05, 4.69) is 12.1 Å². The molecule has 1 aromatic carbocycles. The summed E-state index contributed by atoms with van der Waals surface area (Å²) in [5, 5.41) is 0. The second kappa shape index (κ2) is 8.18. The zero-order valence-electron chi connectivity index (χ0n) is 13.6. The van der Waals surface area contributed by atoms with Crippen LogP contribution in [0.3, 0.4) is 0 Å². The topological polar surface area (TPSA) is 44.8 Å². The Labute approximate surface area is 132 Å². The molecule has 122 valence electrons. The molecular weight excluding hydrogens is 280 g/mol. The number of methoxy groups -OCH3 is 2. The molecule has 1 saturated carbocycles. The zero-order valence-corrected chi connectivity index (χ0v) is 13.6. The summed E-state index contributed by atoms with van der Waals surface area (Å²) < 4.78 is 16.0. The van der Waals surface area contributed by atoms with Crippen molar-refractivity contribution in [2.45, 2.75) is 50.5 Å². The van der Waals surface area contributed by atoms with Gasteiger partial charge in [-0.3, -0.25) is 0 Å². The molecule has 0 aliphatic heterocycles. The fraction of sp³-hybridized carbons (Fsp3) is 0.611. The van der Waals surface area contributed by atoms with Crippen LogP contribution in [0.5, 0.6) is 5.75 Å². The fourth-order valence-electron chi connectivity index (χ4n) is 3.01. The van der Waals surface area contributed by atoms with E-state index >= 15 is 0 Å². The number of rotatable bonds is 8. The first kappa shape index (κ1) is 16.8. The molecule has 0 radical (unpaired) electrons. The predicted octanol–water partition coefficient (Wildman–Crippen LogP) is 3.52. The summed E-state index contributed by atoms with van der Waals surface area (Å²) in [5.41, 5.74) is 0.497. The highest BCUT2D eigenvalue weighted by Gasteiger charge is 2.44. The van der Waals surface area contributed by atoms with E-state index in [1.54, 1.807) is 7.11 Å². The van der Waals surface area contributed by atoms with Gasteiger partial charge in [0.15, 0.2) is 0 Å². The molecule has 0 atom stereocenters. The van der Waals surface area contributed by atoms with Crippen LogP contribution < -0.4 is 4.74 Å². The maximum absolute atomic E-state index is 12.1. The first-order valence-electron chi connectivity index (χ1n) is 8.05. The Morgan fingerprint density at radius 2 is 1.77 bits per heavy atom. The van der Waals surface area contributed by atoms with Crippen LogP contribution in [-0.2, 0) is 20.7 Å². The van der Waals surface area contributed by atoms with Crippen LogP contribution in [0.4, 0.5) is 0 Å². The van der Waals surface area contributed by atoms with E-state index in [9.17, 15) is 4.79 Å². The molecule has 0 aromatic heterocycles. The number of hydrogen-bond acceptors (Lipinski definition) is 4. The Morgan fingerprint density at radius 3 is 2.36 bits per heavy atom. The van der Waals surface area contributed by atoms with Crippen molar-refractivity contribution in [2.24, 2.45) is 0 Å². The van der Waals surface area contributed by atoms with Gasteiger partial charge in [-0.15, -0.1) is 0 Å². The molecule has 0 saturated heterocycles. The summed E-state index contributed by atoms with van der Waals surface area (Å²) in [6.45, 7) is 0.808. The Bertz CT molecular complexity index is 460. The minimum absolute atomic E-state index is 0.256. The Hall–Kier alpha value is -1.55. The van der Waals surface area contributed by atoms with Crippen LogP contribution in [-0.4, -0.2) is 32.4 Å². The van der Waals surface area contributed by atoms with Crippen LogP contribution in [0.15, 0.2) is 24.3 Å². The Balaban J connectivity index is 1.93. The minimum atomic E-state index is -0.783. The van der Waals surface area contributed by atoms with E-state index in [1.807, 2.05) is 12.1 Å². The largest absolute Gasteiger partial charge is 0.476 e. The van der Waals surface area contributed by atoms with Crippen molar-refractivity contribution in [3.05, 3.63) is 29.8 Å². The van der Waals surface area contributed by atoms with Crippen molar-refractivity contribution >= 4 is 5.97 Å². The van der Waals surface area contributed by atoms with Gasteiger partial charge in [0.25, 0.3) is 0 Å². The van der Waals surface area contributed by atoms with E-state index in [0.717, 1.165) is 57.3 Å². The molecule has 1 aliphatic rings. The fourth-order valence-corrected chi connectivity index (χ4v) is 3.01. The van der Waals surface area contributed by atoms with E-state index in [0.29, 0.717) is 0 Å². The van der Waals surface area contributed by atoms with Gasteiger partial charge in [-0.05, 0) is 62.6 Å². The third-order valence-electron chi connectivity index (χ3n) is 4.27. The first-order valence-corrected chi connectivity index (χ1v) is 8.05. The average molecular weight is 306 g/mol. The van der Waals surface area contributed by atoms with Gasteiger partial charge in [0.05, 0.1) is 7.11 Å². The third kappa shape index (κ3) is 4.23. The molecule has 4 nitrogen and oxygen atoms in total. The highest BCUT2D eigenvalue weighted by atomic mass is 16.6. The number of carbonyl (C=O) groups excluding carboxylic acids is 1. The molecule has 0 spiro atoms. The summed E-state index contributed by atoms with van der Waals surface area (Å²) in [6, 6.07) is 8.05. The lowest BCUT2D eigenvalue weighted by Crippen LogP contribution is -2.42. The predicted molar refractivity (Wildman–Crippen MR) is 85.1 cm³/mol. The maximum atomic E-state index is 12.1. The molecule has 0 heterocycles. The highest BCUT2D eigenvalue weighted by Crippen LogP contribution is 2.35. The molecule has 0 N–H and O–H groups in total. The van der Waals surface area contributed by atoms with Crippen molar-refractivity contribution in [3.8, 4) is 5.75 Å². The van der Waals surface area contributed by atoms with Gasteiger partial charge in [-0.2, -0.15) is 0 Å². The average Bonchev–Trinajstić information content (AvgIpc) is 3.02. The molecule has 0 amide bonds. The summed E-state index contributed by atoms with van der Waals surface area (Å²) in [7, 11) is 3.15. The van der Waals surface area contributed by atoms with Crippen LogP contribution in [0, 0.1) is 0 Å². The van der Waals surface area contributed by atoms with Crippen molar-refractivity contribution in [1.82, 2.24) is 0 Å². The smallest absolute Gasteiger partial charge is 0.350 e. The minimum Gasteiger partial charge on any atom is -0.476 e. The Kier molecular flexibility index (Phi) is 6.25. The molecule has 1 aromatic rings. The number of carbonyl (C=O) groups is 1. The second-order valence-corrected chi connectivity index (χ2v) is 5.89. The first-order chi connectivity index (χ1) is 10.7. The molecule has 1 fully saturated rings. The van der Waals surface area contributed by atoms with Crippen LogP contribution in [0.2, 0.25) is 0 Å². The number of unbranched alkanes of at least 4 members (excludes halogenated alkanes) is 1. The Morgan fingerprint density at radius 1 is 1.09 bits per heavy atom. The SMILES string of the molecule is COCCCCc1ccc(OC2(C(=O)OC)CCCC2)cc1. The summed E-state index contributed by atoms with van der Waals surface area (Å²) in [5.74, 6) is 0.488. The van der Waals surface area contributed by atoms with Gasteiger partial charge >= 0.3 is 5.97 Å². The molecule has 4 heteroatoms. The lowest BCUT2D eigenvalue weighted by Gasteiger charge is -2.27. The number of esters is 1. The summed E-state index contributed by atoms with van der Waals surface area (Å²) >= 11 is 0. The molecule has 0 bridgehead atoms.